The number of nitrogens with zero attached hydrogens (tertiary/aromatic N) is 1. The fraction of sp³-hybridized carbons (Fsp3) is 0.786. The third-order valence-electron chi connectivity index (χ3n) is 2.65. The lowest BCUT2D eigenvalue weighted by atomic mass is 9.92. The molecule has 5 nitrogen and oxygen atoms in total. The molecule has 0 saturated carbocycles. The number of piperidine rings is 1. The highest BCUT2D eigenvalue weighted by molar-refractivity contribution is 5.99. The van der Waals surface area contributed by atoms with Crippen LogP contribution in [0.5, 0.6) is 0 Å². The van der Waals surface area contributed by atoms with E-state index in [1.54, 1.807) is 0 Å². The van der Waals surface area contributed by atoms with Crippen LogP contribution in [-0.2, 0) is 19.1 Å². The van der Waals surface area contributed by atoms with E-state index in [2.05, 4.69) is 4.74 Å². The summed E-state index contributed by atoms with van der Waals surface area (Å²) in [6, 6.07) is 0. The quantitative estimate of drug-likeness (QED) is 0.450. The van der Waals surface area contributed by atoms with E-state index in [9.17, 15) is 18.9 Å². The zero-order chi connectivity index (χ0) is 15.8. The van der Waals surface area contributed by atoms with E-state index < -0.39 is 0 Å². The first-order valence-corrected chi connectivity index (χ1v) is 6.70. The average Bonchev–Trinajstić information content (AvgIpc) is 2.27. The molecule has 0 aromatic heterocycles. The van der Waals surface area contributed by atoms with E-state index in [1.807, 2.05) is 20.8 Å². The lowest BCUT2D eigenvalue weighted by molar-refractivity contribution is -0.138. The molecule has 0 aliphatic carbocycles. The van der Waals surface area contributed by atoms with Gasteiger partial charge >= 0.3 is 0 Å². The van der Waals surface area contributed by atoms with Gasteiger partial charge in [-0.15, -0.1) is 9.60 Å². The fourth-order valence-corrected chi connectivity index (χ4v) is 1.73. The van der Waals surface area contributed by atoms with Crippen LogP contribution in [0.2, 0.25) is 0 Å². The number of ketones is 2. The number of Topliss-reactive ketones (excluding diaryl/α,β-unsaturated/α-hetero) is 2. The minimum absolute atomic E-state index is 0.0431. The first kappa shape index (κ1) is 18.7. The largest absolute Gasteiger partial charge is 0.462 e. The highest BCUT2D eigenvalue weighted by Crippen LogP contribution is 2.18. The van der Waals surface area contributed by atoms with Crippen LogP contribution >= 0.6 is 0 Å². The Morgan fingerprint density at radius 2 is 2.00 bits per heavy atom. The third kappa shape index (κ3) is 9.61. The van der Waals surface area contributed by atoms with Crippen LogP contribution in [0.15, 0.2) is 0 Å². The maximum absolute atomic E-state index is 12.7. The third-order valence-corrected chi connectivity index (χ3v) is 2.65. The molecule has 1 unspecified atom stereocenters. The lowest BCUT2D eigenvalue weighted by Gasteiger charge is -2.24. The summed E-state index contributed by atoms with van der Waals surface area (Å²) in [5.74, 6) is -0.529. The van der Waals surface area contributed by atoms with Gasteiger partial charge < -0.3 is 4.74 Å². The topological polar surface area (TPSA) is 63.7 Å². The van der Waals surface area contributed by atoms with Gasteiger partial charge in [0.25, 0.3) is 6.47 Å². The molecule has 1 aliphatic heterocycles. The molecular formula is C14H24FNO4. The lowest BCUT2D eigenvalue weighted by Crippen LogP contribution is -2.34. The summed E-state index contributed by atoms with van der Waals surface area (Å²) in [4.78, 5) is 31.6. The van der Waals surface area contributed by atoms with Crippen LogP contribution in [0.1, 0.15) is 47.0 Å². The molecule has 1 saturated heterocycles. The first-order valence-electron chi connectivity index (χ1n) is 6.70. The Morgan fingerprint density at radius 1 is 1.40 bits per heavy atom. The van der Waals surface area contributed by atoms with E-state index >= 15 is 0 Å². The Kier molecular flexibility index (Phi) is 8.22. The van der Waals surface area contributed by atoms with Crippen LogP contribution in [0, 0.1) is 5.92 Å². The van der Waals surface area contributed by atoms with E-state index in [4.69, 9.17) is 0 Å². The van der Waals surface area contributed by atoms with Crippen LogP contribution in [0.3, 0.4) is 0 Å². The van der Waals surface area contributed by atoms with Crippen molar-refractivity contribution in [3.05, 3.63) is 0 Å². The smallest absolute Gasteiger partial charge is 0.293 e. The summed E-state index contributed by atoms with van der Waals surface area (Å²) in [5, 5.41) is 0.659. The van der Waals surface area contributed by atoms with Gasteiger partial charge in [0.15, 0.2) is 0 Å². The second-order valence-corrected chi connectivity index (χ2v) is 5.88. The van der Waals surface area contributed by atoms with Gasteiger partial charge in [-0.3, -0.25) is 14.4 Å². The molecule has 1 fully saturated rings. The van der Waals surface area contributed by atoms with E-state index in [0.29, 0.717) is 31.0 Å². The molecule has 0 bridgehead atoms. The van der Waals surface area contributed by atoms with Crippen molar-refractivity contribution in [2.24, 2.45) is 5.92 Å². The Morgan fingerprint density at radius 3 is 2.35 bits per heavy atom. The van der Waals surface area contributed by atoms with Gasteiger partial charge in [0, 0.05) is 19.0 Å². The zero-order valence-corrected chi connectivity index (χ0v) is 12.6. The number of hydrogen-bond acceptors (Lipinski definition) is 5. The van der Waals surface area contributed by atoms with Crippen molar-refractivity contribution in [3.8, 4) is 0 Å². The van der Waals surface area contributed by atoms with E-state index in [0.717, 1.165) is 0 Å². The zero-order valence-electron chi connectivity index (χ0n) is 12.6. The van der Waals surface area contributed by atoms with Crippen molar-refractivity contribution in [2.75, 3.05) is 13.1 Å². The summed E-state index contributed by atoms with van der Waals surface area (Å²) in [5.41, 5.74) is -0.318. The van der Waals surface area contributed by atoms with Crippen molar-refractivity contribution in [1.82, 2.24) is 5.12 Å². The minimum Gasteiger partial charge on any atom is -0.462 e. The summed E-state index contributed by atoms with van der Waals surface area (Å²) in [6.07, 6.45) is 1.37. The van der Waals surface area contributed by atoms with Gasteiger partial charge in [0.05, 0.1) is 6.42 Å². The van der Waals surface area contributed by atoms with Crippen molar-refractivity contribution in [3.63, 3.8) is 0 Å². The average molecular weight is 289 g/mol. The number of ether oxygens (including phenoxy) is 1. The number of carbonyl (C=O) groups excluding carboxylic acids is 3. The molecule has 0 spiro atoms. The Bertz CT molecular complexity index is 339. The van der Waals surface area contributed by atoms with Gasteiger partial charge in [-0.25, -0.2) is 0 Å². The molecule has 1 rings (SSSR count). The molecule has 6 heteroatoms. The predicted molar refractivity (Wildman–Crippen MR) is 72.6 cm³/mol. The van der Waals surface area contributed by atoms with Crippen molar-refractivity contribution in [2.45, 2.75) is 52.6 Å². The van der Waals surface area contributed by atoms with Gasteiger partial charge in [-0.05, 0) is 40.5 Å². The maximum Gasteiger partial charge on any atom is 0.293 e. The minimum atomic E-state index is -0.318. The van der Waals surface area contributed by atoms with Gasteiger partial charge in [-0.1, -0.05) is 0 Å². The van der Waals surface area contributed by atoms with Gasteiger partial charge in [-0.2, -0.15) is 0 Å². The number of rotatable bonds is 4. The summed E-state index contributed by atoms with van der Waals surface area (Å²) in [7, 11) is 0. The Hall–Kier alpha value is -1.30. The van der Waals surface area contributed by atoms with Gasteiger partial charge in [0.2, 0.25) is 0 Å². The maximum atomic E-state index is 12.7. The van der Waals surface area contributed by atoms with Crippen LogP contribution in [0.25, 0.3) is 0 Å². The van der Waals surface area contributed by atoms with Crippen molar-refractivity contribution < 1.29 is 23.6 Å². The van der Waals surface area contributed by atoms with Crippen molar-refractivity contribution in [1.29, 1.82) is 0 Å². The fourth-order valence-electron chi connectivity index (χ4n) is 1.73. The highest BCUT2D eigenvalue weighted by atomic mass is 19.2. The summed E-state index contributed by atoms with van der Waals surface area (Å²) < 4.78 is 17.3. The first-order chi connectivity index (χ1) is 9.15. The van der Waals surface area contributed by atoms with Crippen LogP contribution in [0.4, 0.5) is 4.48 Å². The molecule has 1 aliphatic rings. The molecule has 0 N–H and O–H groups in total. The Balaban J connectivity index is 0.000000441. The normalized spacial score (nSPS) is 19.6. The molecule has 0 aromatic rings. The SMILES string of the molecule is CC(=O)CC(=O)C1CCCN(F)C1.CC(C)(C)OC=O. The molecule has 1 atom stereocenters. The second-order valence-electron chi connectivity index (χ2n) is 5.88. The molecule has 0 amide bonds. The number of carbonyl (C=O) groups is 3. The molecule has 1 heterocycles. The van der Waals surface area contributed by atoms with Crippen LogP contribution < -0.4 is 0 Å². The van der Waals surface area contributed by atoms with Crippen LogP contribution in [-0.4, -0.2) is 41.9 Å². The monoisotopic (exact) mass is 289 g/mol. The molecular weight excluding hydrogens is 265 g/mol. The second kappa shape index (κ2) is 8.79. The molecule has 116 valence electrons. The van der Waals surface area contributed by atoms with Gasteiger partial charge in [0.1, 0.15) is 17.2 Å². The number of halogens is 1. The van der Waals surface area contributed by atoms with Crippen molar-refractivity contribution >= 4 is 18.0 Å². The molecule has 0 aromatic carbocycles. The van der Waals surface area contributed by atoms with E-state index in [1.165, 1.54) is 6.92 Å². The Labute approximate surface area is 119 Å². The highest BCUT2D eigenvalue weighted by Gasteiger charge is 2.25. The molecule has 0 radical (unpaired) electrons. The standard InChI is InChI=1S/C9H14FNO2.C5H10O2/c1-7(12)5-9(13)8-3-2-4-11(10)6-8;1-5(2,3)7-4-6/h8H,2-6H2,1H3;4H,1-3H3. The number of hydrogen-bond donors (Lipinski definition) is 0. The predicted octanol–water partition coefficient (Wildman–Crippen LogP) is 2.09. The summed E-state index contributed by atoms with van der Waals surface area (Å²) >= 11 is 0. The van der Waals surface area contributed by atoms with E-state index in [-0.39, 0.29) is 36.1 Å². The molecule has 20 heavy (non-hydrogen) atoms. The summed E-state index contributed by atoms with van der Waals surface area (Å²) in [6.45, 7) is 7.87.